The summed E-state index contributed by atoms with van der Waals surface area (Å²) < 4.78 is 0. The molecule has 0 radical (unpaired) electrons. The van der Waals surface area contributed by atoms with Crippen LogP contribution in [0.3, 0.4) is 0 Å². The molecule has 0 bridgehead atoms. The number of piperidine rings is 1. The maximum atomic E-state index is 12.5. The van der Waals surface area contributed by atoms with Crippen molar-refractivity contribution in [1.82, 2.24) is 15.5 Å². The molecular weight excluding hydrogens is 310 g/mol. The number of carbonyl (C=O) groups is 2. The van der Waals surface area contributed by atoms with Crippen molar-refractivity contribution in [2.24, 2.45) is 5.92 Å². The molecule has 2 fully saturated rings. The Hall–Kier alpha value is -1.40. The third-order valence-corrected chi connectivity index (χ3v) is 5.69. The van der Waals surface area contributed by atoms with Gasteiger partial charge in [0.15, 0.2) is 0 Å². The van der Waals surface area contributed by atoms with E-state index >= 15 is 0 Å². The van der Waals surface area contributed by atoms with E-state index < -0.39 is 0 Å². The molecule has 126 valence electrons. The molecule has 0 aromatic carbocycles. The van der Waals surface area contributed by atoms with Crippen molar-refractivity contribution >= 4 is 23.2 Å². The summed E-state index contributed by atoms with van der Waals surface area (Å²) in [7, 11) is 0. The van der Waals surface area contributed by atoms with Crippen LogP contribution in [0.25, 0.3) is 0 Å². The first-order valence-corrected chi connectivity index (χ1v) is 9.32. The maximum Gasteiger partial charge on any atom is 0.263 e. The molecule has 3 rings (SSSR count). The molecule has 2 aliphatic heterocycles. The van der Waals surface area contributed by atoms with Gasteiger partial charge in [-0.2, -0.15) is 0 Å². The molecule has 0 spiro atoms. The number of carbonyl (C=O) groups excluding carboxylic acids is 2. The second-order valence-corrected chi connectivity index (χ2v) is 7.85. The van der Waals surface area contributed by atoms with Crippen molar-refractivity contribution in [3.8, 4) is 0 Å². The lowest BCUT2D eigenvalue weighted by atomic mass is 9.97. The van der Waals surface area contributed by atoms with Crippen LogP contribution in [-0.2, 0) is 4.79 Å². The molecule has 5 nitrogen and oxygen atoms in total. The Morgan fingerprint density at radius 2 is 2.22 bits per heavy atom. The largest absolute Gasteiger partial charge is 0.354 e. The summed E-state index contributed by atoms with van der Waals surface area (Å²) in [6.07, 6.45) is 4.09. The molecular formula is C17H25N3O2S. The van der Waals surface area contributed by atoms with Gasteiger partial charge in [-0.3, -0.25) is 9.59 Å². The predicted molar refractivity (Wildman–Crippen MR) is 91.7 cm³/mol. The quantitative estimate of drug-likeness (QED) is 0.882. The summed E-state index contributed by atoms with van der Waals surface area (Å²) in [6, 6.07) is 3.89. The first-order valence-electron chi connectivity index (χ1n) is 8.50. The zero-order valence-electron chi connectivity index (χ0n) is 13.6. The highest BCUT2D eigenvalue weighted by molar-refractivity contribution is 7.13. The van der Waals surface area contributed by atoms with Gasteiger partial charge in [-0.1, -0.05) is 0 Å². The average molecular weight is 335 g/mol. The molecule has 3 heterocycles. The second kappa shape index (κ2) is 7.45. The van der Waals surface area contributed by atoms with E-state index in [0.717, 1.165) is 50.2 Å². The highest BCUT2D eigenvalue weighted by atomic mass is 32.1. The van der Waals surface area contributed by atoms with Crippen molar-refractivity contribution in [2.75, 3.05) is 26.2 Å². The molecule has 0 aliphatic carbocycles. The molecule has 2 atom stereocenters. The molecule has 1 aromatic rings. The van der Waals surface area contributed by atoms with Gasteiger partial charge in [-0.15, -0.1) is 11.3 Å². The zero-order valence-corrected chi connectivity index (χ0v) is 14.5. The van der Waals surface area contributed by atoms with E-state index in [0.29, 0.717) is 12.5 Å². The van der Waals surface area contributed by atoms with Crippen LogP contribution in [-0.4, -0.2) is 48.9 Å². The molecule has 23 heavy (non-hydrogen) atoms. The Bertz CT molecular complexity index is 566. The normalized spacial score (nSPS) is 24.7. The third kappa shape index (κ3) is 4.12. The molecule has 2 saturated heterocycles. The van der Waals surface area contributed by atoms with Crippen LogP contribution in [0.4, 0.5) is 0 Å². The van der Waals surface area contributed by atoms with E-state index in [-0.39, 0.29) is 17.9 Å². The lowest BCUT2D eigenvalue weighted by Gasteiger charge is -2.32. The minimum Gasteiger partial charge on any atom is -0.354 e. The lowest BCUT2D eigenvalue weighted by Crippen LogP contribution is -2.46. The minimum absolute atomic E-state index is 0.0228. The number of rotatable bonds is 4. The number of aryl methyl sites for hydroxylation is 1. The van der Waals surface area contributed by atoms with Gasteiger partial charge >= 0.3 is 0 Å². The van der Waals surface area contributed by atoms with E-state index in [1.54, 1.807) is 11.3 Å². The number of likely N-dealkylation sites (tertiary alicyclic amines) is 1. The smallest absolute Gasteiger partial charge is 0.263 e. The molecule has 1 aromatic heterocycles. The monoisotopic (exact) mass is 335 g/mol. The fraction of sp³-hybridized carbons (Fsp3) is 0.647. The van der Waals surface area contributed by atoms with Gasteiger partial charge in [-0.05, 0) is 57.2 Å². The second-order valence-electron chi connectivity index (χ2n) is 6.56. The average Bonchev–Trinajstić information content (AvgIpc) is 3.24. The minimum atomic E-state index is -0.0228. The van der Waals surface area contributed by atoms with E-state index in [9.17, 15) is 9.59 Å². The predicted octanol–water partition coefficient (Wildman–Crippen LogP) is 1.78. The first-order chi connectivity index (χ1) is 11.1. The van der Waals surface area contributed by atoms with Crippen molar-refractivity contribution in [3.05, 3.63) is 21.9 Å². The van der Waals surface area contributed by atoms with Gasteiger partial charge in [0.1, 0.15) is 0 Å². The van der Waals surface area contributed by atoms with Crippen LogP contribution in [0, 0.1) is 12.8 Å². The van der Waals surface area contributed by atoms with Crippen molar-refractivity contribution in [2.45, 2.75) is 38.6 Å². The Morgan fingerprint density at radius 3 is 2.91 bits per heavy atom. The van der Waals surface area contributed by atoms with Crippen molar-refractivity contribution in [1.29, 1.82) is 0 Å². The van der Waals surface area contributed by atoms with Crippen LogP contribution in [0.5, 0.6) is 0 Å². The van der Waals surface area contributed by atoms with Crippen molar-refractivity contribution < 1.29 is 9.59 Å². The number of thiophene rings is 1. The van der Waals surface area contributed by atoms with Gasteiger partial charge in [0.25, 0.3) is 5.91 Å². The van der Waals surface area contributed by atoms with Crippen LogP contribution in [0.1, 0.15) is 40.2 Å². The fourth-order valence-electron chi connectivity index (χ4n) is 3.40. The topological polar surface area (TPSA) is 61.4 Å². The number of amides is 2. The number of nitrogens with one attached hydrogen (secondary N) is 2. The molecule has 0 saturated carbocycles. The van der Waals surface area contributed by atoms with Crippen molar-refractivity contribution in [3.63, 3.8) is 0 Å². The number of hydrogen-bond acceptors (Lipinski definition) is 4. The standard InChI is InChI=1S/C17H25N3O2S/c1-12-6-7-15(23-12)17(22)20-9-3-4-13(11-20)10-19-16(21)14-5-2-8-18-14/h6-7,13-14,18H,2-5,8-11H2,1H3,(H,19,21). The molecule has 2 amide bonds. The summed E-state index contributed by atoms with van der Waals surface area (Å²) in [5.74, 6) is 0.607. The molecule has 2 unspecified atom stereocenters. The van der Waals surface area contributed by atoms with Gasteiger partial charge in [-0.25, -0.2) is 0 Å². The van der Waals surface area contributed by atoms with E-state index in [2.05, 4.69) is 10.6 Å². The molecule has 2 aliphatic rings. The van der Waals surface area contributed by atoms with Gasteiger partial charge in [0.2, 0.25) is 5.91 Å². The number of nitrogens with zero attached hydrogens (tertiary/aromatic N) is 1. The Morgan fingerprint density at radius 1 is 1.35 bits per heavy atom. The molecule has 2 N–H and O–H groups in total. The summed E-state index contributed by atoms with van der Waals surface area (Å²) in [6.45, 7) is 5.19. The fourth-order valence-corrected chi connectivity index (χ4v) is 4.23. The Balaban J connectivity index is 1.49. The van der Waals surface area contributed by atoms with Crippen LogP contribution in [0.2, 0.25) is 0 Å². The maximum absolute atomic E-state index is 12.5. The summed E-state index contributed by atoms with van der Waals surface area (Å²) >= 11 is 1.56. The SMILES string of the molecule is Cc1ccc(C(=O)N2CCCC(CNC(=O)C3CCCN3)C2)s1. The summed E-state index contributed by atoms with van der Waals surface area (Å²) in [4.78, 5) is 28.6. The van der Waals surface area contributed by atoms with Crippen LogP contribution in [0.15, 0.2) is 12.1 Å². The zero-order chi connectivity index (χ0) is 16.2. The van der Waals surface area contributed by atoms with E-state index in [1.807, 2.05) is 24.0 Å². The van der Waals surface area contributed by atoms with Gasteiger partial charge < -0.3 is 15.5 Å². The highest BCUT2D eigenvalue weighted by Gasteiger charge is 2.27. The number of hydrogen-bond donors (Lipinski definition) is 2. The Labute approximate surface area is 141 Å². The summed E-state index contributed by atoms with van der Waals surface area (Å²) in [5, 5.41) is 6.28. The van der Waals surface area contributed by atoms with Gasteiger partial charge in [0, 0.05) is 24.5 Å². The van der Waals surface area contributed by atoms with Crippen LogP contribution >= 0.6 is 11.3 Å². The Kier molecular flexibility index (Phi) is 5.33. The molecule has 6 heteroatoms. The summed E-state index contributed by atoms with van der Waals surface area (Å²) in [5.41, 5.74) is 0. The lowest BCUT2D eigenvalue weighted by molar-refractivity contribution is -0.123. The first kappa shape index (κ1) is 16.5. The van der Waals surface area contributed by atoms with E-state index in [4.69, 9.17) is 0 Å². The third-order valence-electron chi connectivity index (χ3n) is 4.70. The highest BCUT2D eigenvalue weighted by Crippen LogP contribution is 2.22. The van der Waals surface area contributed by atoms with Gasteiger partial charge in [0.05, 0.1) is 10.9 Å². The van der Waals surface area contributed by atoms with E-state index in [1.165, 1.54) is 4.88 Å². The van der Waals surface area contributed by atoms with Crippen LogP contribution < -0.4 is 10.6 Å².